The molecule has 17 heavy (non-hydrogen) atoms. The van der Waals surface area contributed by atoms with E-state index in [2.05, 4.69) is 31.0 Å². The average Bonchev–Trinajstić information content (AvgIpc) is 2.24. The molecule has 4 heteroatoms. The second kappa shape index (κ2) is 6.13. The van der Waals surface area contributed by atoms with Gasteiger partial charge in [-0.1, -0.05) is 6.07 Å². The van der Waals surface area contributed by atoms with Gasteiger partial charge in [-0.05, 0) is 49.9 Å². The van der Waals surface area contributed by atoms with Gasteiger partial charge in [0.2, 0.25) is 0 Å². The summed E-state index contributed by atoms with van der Waals surface area (Å²) in [7, 11) is 0. The number of ether oxygens (including phenoxy) is 1. The smallest absolute Gasteiger partial charge is 0.185 e. The third-order valence-electron chi connectivity index (χ3n) is 2.61. The van der Waals surface area contributed by atoms with Gasteiger partial charge in [-0.25, -0.2) is 0 Å². The van der Waals surface area contributed by atoms with Gasteiger partial charge in [0, 0.05) is 6.54 Å². The summed E-state index contributed by atoms with van der Waals surface area (Å²) in [5.41, 5.74) is 14.2. The molecule has 0 aromatic heterocycles. The Morgan fingerprint density at radius 3 is 2.53 bits per heavy atom. The Balaban J connectivity index is 2.80. The first-order valence-electron chi connectivity index (χ1n) is 5.83. The third-order valence-corrected chi connectivity index (χ3v) is 2.61. The molecule has 0 bridgehead atoms. The van der Waals surface area contributed by atoms with Crippen LogP contribution in [0.15, 0.2) is 17.1 Å². The van der Waals surface area contributed by atoms with Gasteiger partial charge in [-0.3, -0.25) is 4.99 Å². The highest BCUT2D eigenvalue weighted by atomic mass is 16.5. The van der Waals surface area contributed by atoms with E-state index < -0.39 is 0 Å². The molecule has 0 spiro atoms. The molecule has 0 amide bonds. The van der Waals surface area contributed by atoms with Gasteiger partial charge >= 0.3 is 0 Å². The van der Waals surface area contributed by atoms with Crippen LogP contribution in [0.3, 0.4) is 0 Å². The van der Waals surface area contributed by atoms with Gasteiger partial charge in [0.25, 0.3) is 0 Å². The van der Waals surface area contributed by atoms with Crippen LogP contribution >= 0.6 is 0 Å². The molecule has 0 radical (unpaired) electrons. The van der Waals surface area contributed by atoms with Crippen LogP contribution in [0.25, 0.3) is 0 Å². The molecule has 0 fully saturated rings. The Morgan fingerprint density at radius 2 is 1.94 bits per heavy atom. The number of aryl methyl sites for hydroxylation is 2. The van der Waals surface area contributed by atoms with Crippen LogP contribution < -0.4 is 16.2 Å². The van der Waals surface area contributed by atoms with Gasteiger partial charge in [-0.2, -0.15) is 0 Å². The SMILES string of the molecule is CCOc1cc(C)c(CCN=C(N)N)cc1C. The van der Waals surface area contributed by atoms with Crippen LogP contribution in [-0.4, -0.2) is 19.1 Å². The van der Waals surface area contributed by atoms with E-state index in [4.69, 9.17) is 16.2 Å². The lowest BCUT2D eigenvalue weighted by Crippen LogP contribution is -2.23. The highest BCUT2D eigenvalue weighted by Gasteiger charge is 2.05. The Kier molecular flexibility index (Phi) is 4.82. The summed E-state index contributed by atoms with van der Waals surface area (Å²) in [6, 6.07) is 4.21. The zero-order valence-corrected chi connectivity index (χ0v) is 10.8. The van der Waals surface area contributed by atoms with Gasteiger partial charge < -0.3 is 16.2 Å². The standard InChI is InChI=1S/C13H21N3O/c1-4-17-12-8-9(2)11(7-10(12)3)5-6-16-13(14)15/h7-8H,4-6H2,1-3H3,(H4,14,15,16). The first-order valence-corrected chi connectivity index (χ1v) is 5.83. The molecular formula is C13H21N3O. The second-order valence-electron chi connectivity index (χ2n) is 4.03. The quantitative estimate of drug-likeness (QED) is 0.600. The number of hydrogen-bond donors (Lipinski definition) is 2. The van der Waals surface area contributed by atoms with Crippen molar-refractivity contribution in [1.82, 2.24) is 0 Å². The molecule has 1 rings (SSSR count). The number of rotatable bonds is 5. The molecule has 0 saturated heterocycles. The van der Waals surface area contributed by atoms with E-state index in [9.17, 15) is 0 Å². The van der Waals surface area contributed by atoms with Crippen molar-refractivity contribution in [2.75, 3.05) is 13.2 Å². The molecule has 0 heterocycles. The van der Waals surface area contributed by atoms with Gasteiger partial charge in [0.15, 0.2) is 5.96 Å². The Bertz CT molecular complexity index is 409. The highest BCUT2D eigenvalue weighted by Crippen LogP contribution is 2.23. The lowest BCUT2D eigenvalue weighted by Gasteiger charge is -2.11. The van der Waals surface area contributed by atoms with Crippen molar-refractivity contribution in [2.24, 2.45) is 16.5 Å². The van der Waals surface area contributed by atoms with E-state index >= 15 is 0 Å². The van der Waals surface area contributed by atoms with Gasteiger partial charge in [-0.15, -0.1) is 0 Å². The normalized spacial score (nSPS) is 10.1. The number of aliphatic imine (C=N–C) groups is 1. The Labute approximate surface area is 103 Å². The van der Waals surface area contributed by atoms with Crippen LogP contribution in [0, 0.1) is 13.8 Å². The lowest BCUT2D eigenvalue weighted by atomic mass is 10.0. The topological polar surface area (TPSA) is 73.6 Å². The highest BCUT2D eigenvalue weighted by molar-refractivity contribution is 5.75. The minimum Gasteiger partial charge on any atom is -0.494 e. The zero-order chi connectivity index (χ0) is 12.8. The predicted octanol–water partition coefficient (Wildman–Crippen LogP) is 1.52. The van der Waals surface area contributed by atoms with E-state index in [1.165, 1.54) is 11.1 Å². The van der Waals surface area contributed by atoms with Crippen molar-refractivity contribution in [2.45, 2.75) is 27.2 Å². The van der Waals surface area contributed by atoms with Crippen LogP contribution in [0.4, 0.5) is 0 Å². The predicted molar refractivity (Wildman–Crippen MR) is 71.5 cm³/mol. The summed E-state index contributed by atoms with van der Waals surface area (Å²) in [5.74, 6) is 1.10. The van der Waals surface area contributed by atoms with Crippen molar-refractivity contribution in [3.63, 3.8) is 0 Å². The summed E-state index contributed by atoms with van der Waals surface area (Å²) in [6.45, 7) is 7.42. The molecule has 4 nitrogen and oxygen atoms in total. The fourth-order valence-electron chi connectivity index (χ4n) is 1.74. The number of nitrogens with zero attached hydrogens (tertiary/aromatic N) is 1. The molecular weight excluding hydrogens is 214 g/mol. The lowest BCUT2D eigenvalue weighted by molar-refractivity contribution is 0.337. The van der Waals surface area contributed by atoms with E-state index in [1.54, 1.807) is 0 Å². The summed E-state index contributed by atoms with van der Waals surface area (Å²) in [6.07, 6.45) is 0.844. The van der Waals surface area contributed by atoms with Crippen LogP contribution in [0.5, 0.6) is 5.75 Å². The molecule has 0 atom stereocenters. The third kappa shape index (κ3) is 3.98. The van der Waals surface area contributed by atoms with E-state index in [0.29, 0.717) is 13.2 Å². The van der Waals surface area contributed by atoms with Crippen molar-refractivity contribution < 1.29 is 4.74 Å². The van der Waals surface area contributed by atoms with Gasteiger partial charge in [0.1, 0.15) is 5.75 Å². The number of hydrogen-bond acceptors (Lipinski definition) is 2. The maximum Gasteiger partial charge on any atom is 0.185 e. The van der Waals surface area contributed by atoms with E-state index in [-0.39, 0.29) is 5.96 Å². The van der Waals surface area contributed by atoms with E-state index in [1.807, 2.05) is 6.92 Å². The molecule has 94 valence electrons. The van der Waals surface area contributed by atoms with Crippen molar-refractivity contribution in [3.05, 3.63) is 28.8 Å². The first-order chi connectivity index (χ1) is 8.04. The molecule has 0 aliphatic rings. The summed E-state index contributed by atoms with van der Waals surface area (Å²) >= 11 is 0. The van der Waals surface area contributed by atoms with Crippen LogP contribution in [0.2, 0.25) is 0 Å². The molecule has 0 saturated carbocycles. The molecule has 4 N–H and O–H groups in total. The van der Waals surface area contributed by atoms with Crippen molar-refractivity contribution in [3.8, 4) is 5.75 Å². The zero-order valence-electron chi connectivity index (χ0n) is 10.8. The maximum atomic E-state index is 5.55. The fraction of sp³-hybridized carbons (Fsp3) is 0.462. The maximum absolute atomic E-state index is 5.55. The Hall–Kier alpha value is -1.71. The first kappa shape index (κ1) is 13.4. The van der Waals surface area contributed by atoms with Crippen LogP contribution in [0.1, 0.15) is 23.6 Å². The molecule has 1 aromatic carbocycles. The minimum atomic E-state index is 0.144. The molecule has 0 unspecified atom stereocenters. The van der Waals surface area contributed by atoms with Gasteiger partial charge in [0.05, 0.1) is 6.61 Å². The monoisotopic (exact) mass is 235 g/mol. The Morgan fingerprint density at radius 1 is 1.24 bits per heavy atom. The minimum absolute atomic E-state index is 0.144. The van der Waals surface area contributed by atoms with Crippen LogP contribution in [-0.2, 0) is 6.42 Å². The molecule has 0 aliphatic heterocycles. The second-order valence-corrected chi connectivity index (χ2v) is 4.03. The molecule has 0 aliphatic carbocycles. The number of benzene rings is 1. The molecule has 1 aromatic rings. The number of guanidine groups is 1. The van der Waals surface area contributed by atoms with E-state index in [0.717, 1.165) is 17.7 Å². The average molecular weight is 235 g/mol. The fourth-order valence-corrected chi connectivity index (χ4v) is 1.74. The summed E-state index contributed by atoms with van der Waals surface area (Å²) < 4.78 is 5.55. The van der Waals surface area contributed by atoms with Crippen molar-refractivity contribution >= 4 is 5.96 Å². The number of nitrogens with two attached hydrogens (primary N) is 2. The van der Waals surface area contributed by atoms with Crippen molar-refractivity contribution in [1.29, 1.82) is 0 Å². The summed E-state index contributed by atoms with van der Waals surface area (Å²) in [5, 5.41) is 0. The largest absolute Gasteiger partial charge is 0.494 e. The summed E-state index contributed by atoms with van der Waals surface area (Å²) in [4.78, 5) is 3.99.